The third kappa shape index (κ3) is 7.49. The fraction of sp³-hybridized carbons (Fsp3) is 0.529. The maximum Gasteiger partial charge on any atom is 0.314 e. The first-order valence-electron chi connectivity index (χ1n) is 7.64. The number of ether oxygens (including phenoxy) is 1. The van der Waals surface area contributed by atoms with Gasteiger partial charge in [0.1, 0.15) is 6.61 Å². The van der Waals surface area contributed by atoms with Crippen LogP contribution in [0.15, 0.2) is 35.5 Å². The monoisotopic (exact) mass is 291 g/mol. The average molecular weight is 291 g/mol. The minimum absolute atomic E-state index is 0.222. The zero-order valence-electron chi connectivity index (χ0n) is 13.0. The molecule has 0 aromatic heterocycles. The Morgan fingerprint density at radius 3 is 2.67 bits per heavy atom. The molecule has 21 heavy (non-hydrogen) atoms. The van der Waals surface area contributed by atoms with Crippen LogP contribution in [0.2, 0.25) is 0 Å². The summed E-state index contributed by atoms with van der Waals surface area (Å²) in [4.78, 5) is 17.1. The number of rotatable bonds is 10. The molecule has 0 saturated carbocycles. The number of carbonyl (C=O) groups is 1. The highest BCUT2D eigenvalue weighted by Crippen LogP contribution is 2.11. The maximum atomic E-state index is 11.8. The Bertz CT molecular complexity index is 417. The quantitative estimate of drug-likeness (QED) is 0.284. The molecule has 0 amide bonds. The van der Waals surface area contributed by atoms with Crippen molar-refractivity contribution < 1.29 is 14.4 Å². The summed E-state index contributed by atoms with van der Waals surface area (Å²) < 4.78 is 5.06. The van der Waals surface area contributed by atoms with E-state index >= 15 is 0 Å². The van der Waals surface area contributed by atoms with Gasteiger partial charge in [0.2, 0.25) is 0 Å². The van der Waals surface area contributed by atoms with E-state index in [2.05, 4.69) is 12.1 Å². The Balaban J connectivity index is 2.42. The highest BCUT2D eigenvalue weighted by molar-refractivity contribution is 5.89. The fourth-order valence-corrected chi connectivity index (χ4v) is 1.92. The number of unbranched alkanes of at least 4 members (excludes halogenated alkanes) is 2. The molecule has 116 valence electrons. The van der Waals surface area contributed by atoms with Crippen LogP contribution in [0.4, 0.5) is 0 Å². The van der Waals surface area contributed by atoms with Crippen molar-refractivity contribution in [3.05, 3.63) is 35.9 Å². The van der Waals surface area contributed by atoms with Gasteiger partial charge in [-0.1, -0.05) is 61.7 Å². The Morgan fingerprint density at radius 2 is 2.00 bits per heavy atom. The van der Waals surface area contributed by atoms with E-state index in [9.17, 15) is 4.79 Å². The van der Waals surface area contributed by atoms with Gasteiger partial charge in [-0.25, -0.2) is 0 Å². The number of oxime groups is 1. The SMILES string of the molecule is CCCCCC(C=NOCc1ccccc1)C(=O)OCC. The smallest absolute Gasteiger partial charge is 0.314 e. The molecule has 0 radical (unpaired) electrons. The molecule has 1 atom stereocenters. The Morgan fingerprint density at radius 1 is 1.24 bits per heavy atom. The van der Waals surface area contributed by atoms with Crippen LogP contribution in [0.1, 0.15) is 45.1 Å². The van der Waals surface area contributed by atoms with E-state index in [-0.39, 0.29) is 11.9 Å². The van der Waals surface area contributed by atoms with Crippen molar-refractivity contribution >= 4 is 12.2 Å². The summed E-state index contributed by atoms with van der Waals surface area (Å²) in [5, 5.41) is 3.92. The van der Waals surface area contributed by atoms with E-state index < -0.39 is 0 Å². The van der Waals surface area contributed by atoms with Crippen molar-refractivity contribution in [1.29, 1.82) is 0 Å². The number of esters is 1. The lowest BCUT2D eigenvalue weighted by Gasteiger charge is -2.10. The number of carbonyl (C=O) groups excluding carboxylic acids is 1. The normalized spacial score (nSPS) is 12.3. The first kappa shape index (κ1) is 17.2. The van der Waals surface area contributed by atoms with E-state index in [1.165, 1.54) is 0 Å². The molecule has 0 fully saturated rings. The van der Waals surface area contributed by atoms with Crippen molar-refractivity contribution in [3.8, 4) is 0 Å². The second-order valence-corrected chi connectivity index (χ2v) is 4.87. The van der Waals surface area contributed by atoms with E-state index in [1.54, 1.807) is 6.21 Å². The third-order valence-electron chi connectivity index (χ3n) is 3.10. The van der Waals surface area contributed by atoms with Crippen LogP contribution in [0, 0.1) is 5.92 Å². The van der Waals surface area contributed by atoms with Gasteiger partial charge >= 0.3 is 5.97 Å². The van der Waals surface area contributed by atoms with Crippen molar-refractivity contribution in [2.45, 2.75) is 46.1 Å². The molecule has 0 spiro atoms. The molecule has 0 aliphatic rings. The van der Waals surface area contributed by atoms with Crippen molar-refractivity contribution in [2.75, 3.05) is 6.61 Å². The van der Waals surface area contributed by atoms with Gasteiger partial charge in [-0.2, -0.15) is 0 Å². The first-order chi connectivity index (χ1) is 10.3. The lowest BCUT2D eigenvalue weighted by atomic mass is 10.0. The van der Waals surface area contributed by atoms with Gasteiger partial charge in [0.05, 0.1) is 18.7 Å². The van der Waals surface area contributed by atoms with Gasteiger partial charge in [-0.05, 0) is 18.9 Å². The van der Waals surface area contributed by atoms with E-state index in [0.717, 1.165) is 31.2 Å². The molecular weight excluding hydrogens is 266 g/mol. The third-order valence-corrected chi connectivity index (χ3v) is 3.10. The summed E-state index contributed by atoms with van der Waals surface area (Å²) >= 11 is 0. The summed E-state index contributed by atoms with van der Waals surface area (Å²) in [6, 6.07) is 9.81. The van der Waals surface area contributed by atoms with E-state index in [1.807, 2.05) is 37.3 Å². The average Bonchev–Trinajstić information content (AvgIpc) is 2.51. The van der Waals surface area contributed by atoms with Gasteiger partial charge < -0.3 is 9.57 Å². The summed E-state index contributed by atoms with van der Waals surface area (Å²) in [6.07, 6.45) is 5.54. The van der Waals surface area contributed by atoms with E-state index in [4.69, 9.17) is 9.57 Å². The maximum absolute atomic E-state index is 11.8. The van der Waals surface area contributed by atoms with Crippen molar-refractivity contribution in [3.63, 3.8) is 0 Å². The first-order valence-corrected chi connectivity index (χ1v) is 7.64. The topological polar surface area (TPSA) is 47.9 Å². The minimum Gasteiger partial charge on any atom is -0.465 e. The number of hydrogen-bond acceptors (Lipinski definition) is 4. The Labute approximate surface area is 127 Å². The summed E-state index contributed by atoms with van der Waals surface area (Å²) in [5.74, 6) is -0.534. The van der Waals surface area contributed by atoms with Gasteiger partial charge in [-0.3, -0.25) is 4.79 Å². The Hall–Kier alpha value is -1.84. The lowest BCUT2D eigenvalue weighted by Crippen LogP contribution is -2.19. The van der Waals surface area contributed by atoms with Gasteiger partial charge in [0.25, 0.3) is 0 Å². The molecule has 4 heteroatoms. The molecule has 1 aromatic rings. The van der Waals surface area contributed by atoms with Gasteiger partial charge in [0.15, 0.2) is 0 Å². The second-order valence-electron chi connectivity index (χ2n) is 4.87. The summed E-state index contributed by atoms with van der Waals surface area (Å²) in [6.45, 7) is 4.74. The van der Waals surface area contributed by atoms with Crippen LogP contribution in [-0.4, -0.2) is 18.8 Å². The number of hydrogen-bond donors (Lipinski definition) is 0. The van der Waals surface area contributed by atoms with Crippen molar-refractivity contribution in [1.82, 2.24) is 0 Å². The molecule has 0 N–H and O–H groups in total. The molecular formula is C17H25NO3. The fourth-order valence-electron chi connectivity index (χ4n) is 1.92. The zero-order valence-corrected chi connectivity index (χ0v) is 13.0. The van der Waals surface area contributed by atoms with Gasteiger partial charge in [0, 0.05) is 0 Å². The van der Waals surface area contributed by atoms with Gasteiger partial charge in [-0.15, -0.1) is 0 Å². The number of benzene rings is 1. The van der Waals surface area contributed by atoms with Crippen LogP contribution < -0.4 is 0 Å². The highest BCUT2D eigenvalue weighted by Gasteiger charge is 2.17. The molecule has 0 heterocycles. The van der Waals surface area contributed by atoms with Crippen molar-refractivity contribution in [2.24, 2.45) is 11.1 Å². The highest BCUT2D eigenvalue weighted by atomic mass is 16.6. The van der Waals surface area contributed by atoms with Crippen LogP contribution in [-0.2, 0) is 21.0 Å². The summed E-state index contributed by atoms with van der Waals surface area (Å²) in [5.41, 5.74) is 1.05. The van der Waals surface area contributed by atoms with Crippen LogP contribution in [0.25, 0.3) is 0 Å². The molecule has 1 aromatic carbocycles. The molecule has 0 bridgehead atoms. The molecule has 0 aliphatic carbocycles. The largest absolute Gasteiger partial charge is 0.465 e. The predicted octanol–water partition coefficient (Wildman–Crippen LogP) is 3.95. The predicted molar refractivity (Wildman–Crippen MR) is 84.0 cm³/mol. The van der Waals surface area contributed by atoms with Crippen LogP contribution >= 0.6 is 0 Å². The molecule has 1 rings (SSSR count). The lowest BCUT2D eigenvalue weighted by molar-refractivity contribution is -0.145. The molecule has 0 saturated heterocycles. The molecule has 0 aliphatic heterocycles. The number of nitrogens with zero attached hydrogens (tertiary/aromatic N) is 1. The molecule has 1 unspecified atom stereocenters. The molecule has 4 nitrogen and oxygen atoms in total. The van der Waals surface area contributed by atoms with Crippen LogP contribution in [0.5, 0.6) is 0 Å². The van der Waals surface area contributed by atoms with E-state index in [0.29, 0.717) is 13.2 Å². The minimum atomic E-state index is -0.313. The Kier molecular flexibility index (Phi) is 8.93. The van der Waals surface area contributed by atoms with Crippen LogP contribution in [0.3, 0.4) is 0 Å². The summed E-state index contributed by atoms with van der Waals surface area (Å²) in [7, 11) is 0. The zero-order chi connectivity index (χ0) is 15.3. The second kappa shape index (κ2) is 10.9. The standard InChI is InChI=1S/C17H25NO3/c1-3-5-7-12-16(17(19)20-4-2)13-18-21-14-15-10-8-6-9-11-15/h6,8-11,13,16H,3-5,7,12,14H2,1-2H3.